The van der Waals surface area contributed by atoms with E-state index >= 15 is 0 Å². The number of aromatic nitrogens is 2. The monoisotopic (exact) mass is 409 g/mol. The van der Waals surface area contributed by atoms with Crippen LogP contribution >= 0.6 is 23.8 Å². The summed E-state index contributed by atoms with van der Waals surface area (Å²) in [6.45, 7) is -0.737. The first-order valence-electron chi connectivity index (χ1n) is 6.97. The Hall–Kier alpha value is -2.40. The molecule has 1 aromatic heterocycles. The molecule has 0 saturated heterocycles. The molecule has 2 aromatic rings. The number of carbonyl (C=O) groups is 1. The maximum atomic E-state index is 12.9. The summed E-state index contributed by atoms with van der Waals surface area (Å²) in [4.78, 5) is 12.1. The van der Waals surface area contributed by atoms with Crippen molar-refractivity contribution in [1.29, 1.82) is 0 Å². The van der Waals surface area contributed by atoms with Crippen LogP contribution in [0.2, 0.25) is 5.02 Å². The van der Waals surface area contributed by atoms with Crippen LogP contribution in [-0.4, -0.2) is 20.8 Å². The number of hydrogen-bond donors (Lipinski definition) is 2. The first-order chi connectivity index (χ1) is 12.2. The Morgan fingerprint density at radius 1 is 1.27 bits per heavy atom. The SMILES string of the molecule is NC(=S)N(NC(=O)Cn1nc(C(F)F)cc1C(F)F)c1ccc(Cl)cc1. The smallest absolute Gasteiger partial charge is 0.282 e. The molecule has 0 fully saturated rings. The number of alkyl halides is 4. The van der Waals surface area contributed by atoms with Gasteiger partial charge in [-0.3, -0.25) is 14.9 Å². The number of amides is 1. The van der Waals surface area contributed by atoms with Crippen molar-refractivity contribution in [2.24, 2.45) is 5.73 Å². The Balaban J connectivity index is 2.18. The van der Waals surface area contributed by atoms with E-state index in [4.69, 9.17) is 29.6 Å². The number of halogens is 5. The van der Waals surface area contributed by atoms with Gasteiger partial charge < -0.3 is 5.73 Å². The lowest BCUT2D eigenvalue weighted by atomic mass is 10.3. The van der Waals surface area contributed by atoms with Gasteiger partial charge in [-0.15, -0.1) is 0 Å². The van der Waals surface area contributed by atoms with Crippen molar-refractivity contribution < 1.29 is 22.4 Å². The predicted molar refractivity (Wildman–Crippen MR) is 91.0 cm³/mol. The zero-order valence-corrected chi connectivity index (χ0v) is 14.4. The van der Waals surface area contributed by atoms with Crippen LogP contribution in [0.15, 0.2) is 30.3 Å². The Labute approximate surface area is 155 Å². The van der Waals surface area contributed by atoms with Crippen LogP contribution < -0.4 is 16.2 Å². The molecular formula is C14H12ClF4N5OS. The Kier molecular flexibility index (Phi) is 6.37. The fourth-order valence-electron chi connectivity index (χ4n) is 1.99. The third-order valence-electron chi connectivity index (χ3n) is 3.11. The lowest BCUT2D eigenvalue weighted by Gasteiger charge is -2.23. The van der Waals surface area contributed by atoms with Gasteiger partial charge in [0.15, 0.2) is 5.11 Å². The molecule has 1 aromatic carbocycles. The van der Waals surface area contributed by atoms with Crippen LogP contribution in [0.3, 0.4) is 0 Å². The van der Waals surface area contributed by atoms with Crippen molar-refractivity contribution in [3.8, 4) is 0 Å². The number of anilines is 1. The fraction of sp³-hybridized carbons (Fsp3) is 0.214. The Morgan fingerprint density at radius 2 is 1.88 bits per heavy atom. The highest BCUT2D eigenvalue weighted by Gasteiger charge is 2.23. The molecule has 12 heteroatoms. The lowest BCUT2D eigenvalue weighted by molar-refractivity contribution is -0.121. The lowest BCUT2D eigenvalue weighted by Crippen LogP contribution is -2.50. The van der Waals surface area contributed by atoms with Gasteiger partial charge in [0.1, 0.15) is 17.9 Å². The maximum Gasteiger partial charge on any atom is 0.282 e. The van der Waals surface area contributed by atoms with Gasteiger partial charge in [-0.25, -0.2) is 22.6 Å². The summed E-state index contributed by atoms with van der Waals surface area (Å²) in [5, 5.41) is 4.55. The maximum absolute atomic E-state index is 12.9. The molecule has 3 N–H and O–H groups in total. The number of nitrogens with one attached hydrogen (secondary N) is 1. The van der Waals surface area contributed by atoms with Gasteiger partial charge in [0, 0.05) is 5.02 Å². The van der Waals surface area contributed by atoms with Crippen LogP contribution in [0.1, 0.15) is 24.2 Å². The first-order valence-corrected chi connectivity index (χ1v) is 7.76. The van der Waals surface area contributed by atoms with Crippen molar-refractivity contribution >= 4 is 40.5 Å². The molecule has 26 heavy (non-hydrogen) atoms. The van der Waals surface area contributed by atoms with Gasteiger partial charge in [0.2, 0.25) is 0 Å². The topological polar surface area (TPSA) is 76.2 Å². The predicted octanol–water partition coefficient (Wildman–Crippen LogP) is 3.19. The molecule has 140 valence electrons. The minimum atomic E-state index is -3.08. The quantitative estimate of drug-likeness (QED) is 0.450. The number of nitrogens with zero attached hydrogens (tertiary/aromatic N) is 3. The number of hydrazine groups is 1. The van der Waals surface area contributed by atoms with E-state index in [0.717, 1.165) is 5.01 Å². The Bertz CT molecular complexity index is 799. The van der Waals surface area contributed by atoms with Crippen LogP contribution in [0.25, 0.3) is 0 Å². The fourth-order valence-corrected chi connectivity index (χ4v) is 2.27. The van der Waals surface area contributed by atoms with Gasteiger partial charge in [-0.05, 0) is 42.5 Å². The Morgan fingerprint density at radius 3 is 2.38 bits per heavy atom. The summed E-state index contributed by atoms with van der Waals surface area (Å²) in [7, 11) is 0. The molecule has 0 unspecified atom stereocenters. The van der Waals surface area contributed by atoms with E-state index in [2.05, 4.69) is 10.5 Å². The largest absolute Gasteiger partial charge is 0.374 e. The van der Waals surface area contributed by atoms with Crippen molar-refractivity contribution in [1.82, 2.24) is 15.2 Å². The van der Waals surface area contributed by atoms with Gasteiger partial charge in [-0.2, -0.15) is 5.10 Å². The molecule has 0 atom stereocenters. The van der Waals surface area contributed by atoms with E-state index in [1.807, 2.05) is 0 Å². The van der Waals surface area contributed by atoms with Crippen molar-refractivity contribution in [3.05, 3.63) is 46.7 Å². The second-order valence-electron chi connectivity index (χ2n) is 4.94. The number of hydrogen-bond acceptors (Lipinski definition) is 3. The molecule has 0 aliphatic carbocycles. The molecule has 0 aliphatic rings. The summed E-state index contributed by atoms with van der Waals surface area (Å²) < 4.78 is 51.7. The number of thiocarbonyl (C=S) groups is 1. The van der Waals surface area contributed by atoms with Gasteiger partial charge in [-0.1, -0.05) is 11.6 Å². The molecule has 6 nitrogen and oxygen atoms in total. The van der Waals surface area contributed by atoms with Crippen LogP contribution in [0.5, 0.6) is 0 Å². The van der Waals surface area contributed by atoms with Crippen molar-refractivity contribution in [3.63, 3.8) is 0 Å². The zero-order chi connectivity index (χ0) is 19.4. The molecular weight excluding hydrogens is 398 g/mol. The zero-order valence-electron chi connectivity index (χ0n) is 12.9. The van der Waals surface area contributed by atoms with E-state index in [-0.39, 0.29) is 5.11 Å². The molecule has 0 spiro atoms. The van der Waals surface area contributed by atoms with E-state index in [1.54, 1.807) is 0 Å². The van der Waals surface area contributed by atoms with Crippen LogP contribution in [-0.2, 0) is 11.3 Å². The normalized spacial score (nSPS) is 11.0. The average Bonchev–Trinajstić information content (AvgIpc) is 2.97. The van der Waals surface area contributed by atoms with E-state index in [0.29, 0.717) is 21.5 Å². The third-order valence-corrected chi connectivity index (χ3v) is 3.55. The van der Waals surface area contributed by atoms with Crippen LogP contribution in [0, 0.1) is 0 Å². The molecule has 1 amide bonds. The van der Waals surface area contributed by atoms with E-state index < -0.39 is 36.7 Å². The van der Waals surface area contributed by atoms with Crippen molar-refractivity contribution in [2.45, 2.75) is 19.4 Å². The molecule has 0 bridgehead atoms. The van der Waals surface area contributed by atoms with Crippen molar-refractivity contribution in [2.75, 3.05) is 5.01 Å². The molecule has 0 radical (unpaired) electrons. The summed E-state index contributed by atoms with van der Waals surface area (Å²) in [5.41, 5.74) is 6.54. The summed E-state index contributed by atoms with van der Waals surface area (Å²) >= 11 is 10.6. The van der Waals surface area contributed by atoms with E-state index in [9.17, 15) is 22.4 Å². The van der Waals surface area contributed by atoms with Gasteiger partial charge in [0.25, 0.3) is 18.8 Å². The standard InChI is InChI=1S/C14H12ClF4N5OS/c15-7-1-3-8(4-2-7)24(14(20)26)22-11(25)6-23-10(13(18)19)5-9(21-23)12(16)17/h1-5,12-13H,6H2,(H2,20,26)(H,22,25). The number of nitrogens with two attached hydrogens (primary N) is 1. The third kappa shape index (κ3) is 4.82. The average molecular weight is 410 g/mol. The number of benzene rings is 1. The molecule has 2 rings (SSSR count). The van der Waals surface area contributed by atoms with E-state index in [1.165, 1.54) is 24.3 Å². The molecule has 1 heterocycles. The minimum Gasteiger partial charge on any atom is -0.374 e. The minimum absolute atomic E-state index is 0.233. The first kappa shape index (κ1) is 19.9. The summed E-state index contributed by atoms with van der Waals surface area (Å²) in [6, 6.07) is 6.61. The molecule has 0 saturated carbocycles. The van der Waals surface area contributed by atoms with Crippen LogP contribution in [0.4, 0.5) is 23.2 Å². The van der Waals surface area contributed by atoms with Gasteiger partial charge in [0.05, 0.1) is 5.69 Å². The highest BCUT2D eigenvalue weighted by Crippen LogP contribution is 2.25. The summed E-state index contributed by atoms with van der Waals surface area (Å²) in [6.07, 6.45) is -6.12. The second-order valence-corrected chi connectivity index (χ2v) is 5.79. The highest BCUT2D eigenvalue weighted by atomic mass is 35.5. The highest BCUT2D eigenvalue weighted by molar-refractivity contribution is 7.80. The number of rotatable bonds is 5. The number of carbonyl (C=O) groups excluding carboxylic acids is 1. The second kappa shape index (κ2) is 8.32. The molecule has 0 aliphatic heterocycles. The summed E-state index contributed by atoms with van der Waals surface area (Å²) in [5.74, 6) is -0.849. The van der Waals surface area contributed by atoms with Gasteiger partial charge >= 0.3 is 0 Å².